The van der Waals surface area contributed by atoms with Gasteiger partial charge in [-0.2, -0.15) is 5.26 Å². The van der Waals surface area contributed by atoms with E-state index in [9.17, 15) is 0 Å². The molecule has 0 aromatic carbocycles. The Kier molecular flexibility index (Phi) is 3.02. The van der Waals surface area contributed by atoms with Gasteiger partial charge in [-0.15, -0.1) is 0 Å². The minimum atomic E-state index is 0.361. The van der Waals surface area contributed by atoms with Crippen molar-refractivity contribution in [3.8, 4) is 6.07 Å². The van der Waals surface area contributed by atoms with Crippen LogP contribution in [-0.4, -0.2) is 12.6 Å². The maximum atomic E-state index is 8.75. The molecule has 2 heteroatoms. The van der Waals surface area contributed by atoms with E-state index in [2.05, 4.69) is 25.2 Å². The van der Waals surface area contributed by atoms with E-state index >= 15 is 0 Å². The summed E-state index contributed by atoms with van der Waals surface area (Å²) in [7, 11) is 0. The van der Waals surface area contributed by atoms with Crippen molar-refractivity contribution in [2.75, 3.05) is 6.54 Å². The molecule has 2 fully saturated rings. The summed E-state index contributed by atoms with van der Waals surface area (Å²) in [5, 5.41) is 12.4. The van der Waals surface area contributed by atoms with Gasteiger partial charge >= 0.3 is 0 Å². The van der Waals surface area contributed by atoms with E-state index in [1.165, 1.54) is 25.7 Å². The molecule has 0 bridgehead atoms. The Hall–Kier alpha value is -0.550. The van der Waals surface area contributed by atoms with Crippen LogP contribution in [0.15, 0.2) is 0 Å². The second-order valence-electron chi connectivity index (χ2n) is 5.74. The van der Waals surface area contributed by atoms with E-state index in [0.29, 0.717) is 11.5 Å². The average molecular weight is 206 g/mol. The zero-order valence-electron chi connectivity index (χ0n) is 9.92. The molecule has 3 unspecified atom stereocenters. The second kappa shape index (κ2) is 4.14. The zero-order chi connectivity index (χ0) is 10.9. The molecule has 0 aromatic heterocycles. The van der Waals surface area contributed by atoms with Gasteiger partial charge in [0.05, 0.1) is 6.07 Å². The highest BCUT2D eigenvalue weighted by Gasteiger charge is 2.43. The Bertz CT molecular complexity index is 262. The first-order chi connectivity index (χ1) is 7.17. The minimum absolute atomic E-state index is 0.361. The van der Waals surface area contributed by atoms with Crippen molar-refractivity contribution in [1.29, 1.82) is 5.26 Å². The summed E-state index contributed by atoms with van der Waals surface area (Å²) < 4.78 is 0. The van der Waals surface area contributed by atoms with Crippen LogP contribution in [0.2, 0.25) is 0 Å². The van der Waals surface area contributed by atoms with Crippen LogP contribution in [0.3, 0.4) is 0 Å². The van der Waals surface area contributed by atoms with Crippen LogP contribution in [-0.2, 0) is 0 Å². The highest BCUT2D eigenvalue weighted by atomic mass is 14.9. The third-order valence-electron chi connectivity index (χ3n) is 4.62. The van der Waals surface area contributed by atoms with Crippen molar-refractivity contribution in [1.82, 2.24) is 5.32 Å². The molecule has 2 aliphatic carbocycles. The van der Waals surface area contributed by atoms with Crippen molar-refractivity contribution in [2.24, 2.45) is 17.3 Å². The fraction of sp³-hybridized carbons (Fsp3) is 0.923. The van der Waals surface area contributed by atoms with Crippen LogP contribution < -0.4 is 5.32 Å². The Balaban J connectivity index is 1.77. The smallest absolute Gasteiger partial charge is 0.0628 e. The Morgan fingerprint density at radius 1 is 1.33 bits per heavy atom. The summed E-state index contributed by atoms with van der Waals surface area (Å²) in [6.07, 6.45) is 5.94. The molecule has 0 radical (unpaired) electrons. The average Bonchev–Trinajstić information content (AvgIpc) is 2.91. The second-order valence-corrected chi connectivity index (χ2v) is 5.74. The van der Waals surface area contributed by atoms with Crippen LogP contribution in [0.25, 0.3) is 0 Å². The molecule has 84 valence electrons. The summed E-state index contributed by atoms with van der Waals surface area (Å²) in [6, 6.07) is 3.03. The van der Waals surface area contributed by atoms with Crippen molar-refractivity contribution in [3.63, 3.8) is 0 Å². The molecule has 0 aromatic rings. The SMILES string of the molecule is CC1CCC(NCC2(CC#N)CC2)C1C. The fourth-order valence-corrected chi connectivity index (χ4v) is 2.76. The molecule has 0 saturated heterocycles. The predicted octanol–water partition coefficient (Wildman–Crippen LogP) is 2.70. The van der Waals surface area contributed by atoms with Gasteiger partial charge in [0.2, 0.25) is 0 Å². The summed E-state index contributed by atoms with van der Waals surface area (Å²) >= 11 is 0. The Morgan fingerprint density at radius 3 is 2.53 bits per heavy atom. The third kappa shape index (κ3) is 2.34. The molecule has 3 atom stereocenters. The summed E-state index contributed by atoms with van der Waals surface area (Å²) in [5.41, 5.74) is 0.361. The summed E-state index contributed by atoms with van der Waals surface area (Å²) in [6.45, 7) is 5.79. The van der Waals surface area contributed by atoms with Gasteiger partial charge in [0.25, 0.3) is 0 Å². The van der Waals surface area contributed by atoms with Gasteiger partial charge in [0.1, 0.15) is 0 Å². The van der Waals surface area contributed by atoms with E-state index in [4.69, 9.17) is 5.26 Å². The molecule has 2 rings (SSSR count). The standard InChI is InChI=1S/C13H22N2/c1-10-3-4-12(11(10)2)15-9-13(5-6-13)7-8-14/h10-12,15H,3-7,9H2,1-2H3. The maximum absolute atomic E-state index is 8.75. The molecular formula is C13H22N2. The van der Waals surface area contributed by atoms with E-state index < -0.39 is 0 Å². The van der Waals surface area contributed by atoms with E-state index in [1.54, 1.807) is 0 Å². The Labute approximate surface area is 93.0 Å². The summed E-state index contributed by atoms with van der Waals surface area (Å²) in [5.74, 6) is 1.68. The number of rotatable bonds is 4. The molecule has 0 amide bonds. The lowest BCUT2D eigenvalue weighted by Gasteiger charge is -2.22. The molecule has 2 aliphatic rings. The molecule has 0 heterocycles. The third-order valence-corrected chi connectivity index (χ3v) is 4.62. The first kappa shape index (κ1) is 11.0. The quantitative estimate of drug-likeness (QED) is 0.767. The minimum Gasteiger partial charge on any atom is -0.313 e. The lowest BCUT2D eigenvalue weighted by Crippen LogP contribution is -2.36. The van der Waals surface area contributed by atoms with Crippen LogP contribution in [0.4, 0.5) is 0 Å². The van der Waals surface area contributed by atoms with Crippen LogP contribution in [0.5, 0.6) is 0 Å². The van der Waals surface area contributed by atoms with E-state index in [1.807, 2.05) is 0 Å². The monoisotopic (exact) mass is 206 g/mol. The van der Waals surface area contributed by atoms with Crippen LogP contribution in [0.1, 0.15) is 46.0 Å². The van der Waals surface area contributed by atoms with Crippen molar-refractivity contribution in [3.05, 3.63) is 0 Å². The summed E-state index contributed by atoms with van der Waals surface area (Å²) in [4.78, 5) is 0. The lowest BCUT2D eigenvalue weighted by atomic mass is 9.96. The first-order valence-corrected chi connectivity index (χ1v) is 6.27. The largest absolute Gasteiger partial charge is 0.313 e. The highest BCUT2D eigenvalue weighted by molar-refractivity contribution is 5.01. The van der Waals surface area contributed by atoms with Crippen LogP contribution >= 0.6 is 0 Å². The molecular weight excluding hydrogens is 184 g/mol. The number of hydrogen-bond acceptors (Lipinski definition) is 2. The molecule has 2 saturated carbocycles. The lowest BCUT2D eigenvalue weighted by molar-refractivity contribution is 0.340. The van der Waals surface area contributed by atoms with Crippen molar-refractivity contribution in [2.45, 2.75) is 52.0 Å². The van der Waals surface area contributed by atoms with Crippen molar-refractivity contribution < 1.29 is 0 Å². The van der Waals surface area contributed by atoms with E-state index in [-0.39, 0.29) is 0 Å². The number of nitriles is 1. The molecule has 15 heavy (non-hydrogen) atoms. The van der Waals surface area contributed by atoms with Gasteiger partial charge in [0.15, 0.2) is 0 Å². The van der Waals surface area contributed by atoms with Crippen LogP contribution in [0, 0.1) is 28.6 Å². The van der Waals surface area contributed by atoms with Gasteiger partial charge in [-0.3, -0.25) is 0 Å². The van der Waals surface area contributed by atoms with E-state index in [0.717, 1.165) is 24.8 Å². The van der Waals surface area contributed by atoms with Gasteiger partial charge in [-0.25, -0.2) is 0 Å². The van der Waals surface area contributed by atoms with Crippen molar-refractivity contribution >= 4 is 0 Å². The number of hydrogen-bond donors (Lipinski definition) is 1. The van der Waals surface area contributed by atoms with Gasteiger partial charge < -0.3 is 5.32 Å². The molecule has 2 nitrogen and oxygen atoms in total. The zero-order valence-corrected chi connectivity index (χ0v) is 9.92. The van der Waals surface area contributed by atoms with Gasteiger partial charge in [0, 0.05) is 19.0 Å². The topological polar surface area (TPSA) is 35.8 Å². The number of nitrogens with zero attached hydrogens (tertiary/aromatic N) is 1. The predicted molar refractivity (Wildman–Crippen MR) is 61.2 cm³/mol. The molecule has 1 N–H and O–H groups in total. The van der Waals surface area contributed by atoms with Gasteiger partial charge in [-0.1, -0.05) is 13.8 Å². The highest BCUT2D eigenvalue weighted by Crippen LogP contribution is 2.48. The normalized spacial score (nSPS) is 37.5. The number of nitrogens with one attached hydrogen (secondary N) is 1. The Morgan fingerprint density at radius 2 is 2.07 bits per heavy atom. The first-order valence-electron chi connectivity index (χ1n) is 6.27. The maximum Gasteiger partial charge on any atom is 0.0628 e. The molecule has 0 spiro atoms. The molecule has 0 aliphatic heterocycles. The fourth-order valence-electron chi connectivity index (χ4n) is 2.76. The van der Waals surface area contributed by atoms with Gasteiger partial charge in [-0.05, 0) is 42.9 Å².